The van der Waals surface area contributed by atoms with E-state index in [0.717, 1.165) is 27.8 Å². The minimum absolute atomic E-state index is 0.486. The predicted octanol–water partition coefficient (Wildman–Crippen LogP) is 3.28. The van der Waals surface area contributed by atoms with E-state index in [4.69, 9.17) is 4.74 Å². The number of rotatable bonds is 1. The van der Waals surface area contributed by atoms with Crippen LogP contribution in [-0.2, 0) is 0 Å². The van der Waals surface area contributed by atoms with Crippen molar-refractivity contribution in [2.75, 3.05) is 0 Å². The van der Waals surface area contributed by atoms with E-state index in [1.165, 1.54) is 5.56 Å². The lowest BCUT2D eigenvalue weighted by atomic mass is 10.0. The van der Waals surface area contributed by atoms with Crippen molar-refractivity contribution in [3.63, 3.8) is 0 Å². The molecule has 18 heavy (non-hydrogen) atoms. The maximum atomic E-state index is 5.92. The van der Waals surface area contributed by atoms with Crippen molar-refractivity contribution in [1.82, 2.24) is 0 Å². The summed E-state index contributed by atoms with van der Waals surface area (Å²) in [6.07, 6.45) is 0. The summed E-state index contributed by atoms with van der Waals surface area (Å²) in [4.78, 5) is 4.60. The Balaban J connectivity index is 2.18. The summed E-state index contributed by atoms with van der Waals surface area (Å²) in [7, 11) is 0. The molecule has 0 atom stereocenters. The normalized spacial score (nSPS) is 12.4. The van der Waals surface area contributed by atoms with E-state index in [1.54, 1.807) is 0 Å². The molecule has 0 bridgehead atoms. The van der Waals surface area contributed by atoms with Crippen LogP contribution in [0.5, 0.6) is 11.5 Å². The van der Waals surface area contributed by atoms with E-state index in [1.807, 2.05) is 24.3 Å². The molecule has 90 valence electrons. The van der Waals surface area contributed by atoms with Crippen LogP contribution in [0, 0.1) is 0 Å². The third-order valence-electron chi connectivity index (χ3n) is 3.14. The molecule has 0 N–H and O–H groups in total. The van der Waals surface area contributed by atoms with Gasteiger partial charge in [-0.15, -0.1) is 0 Å². The second-order valence-corrected chi connectivity index (χ2v) is 4.90. The molecule has 0 saturated heterocycles. The molecule has 0 amide bonds. The van der Waals surface area contributed by atoms with E-state index < -0.39 is 0 Å². The summed E-state index contributed by atoms with van der Waals surface area (Å²) in [6.45, 7) is 8.25. The minimum atomic E-state index is 0.486. The van der Waals surface area contributed by atoms with Gasteiger partial charge >= 0.3 is 0 Å². The molecule has 1 aliphatic rings. The highest BCUT2D eigenvalue weighted by molar-refractivity contribution is 5.57. The highest BCUT2D eigenvalue weighted by atomic mass is 16.5. The molecule has 2 heteroatoms. The Hall–Kier alpha value is -2.09. The SMILES string of the molecule is C=c1ccc2c(c1)Oc1cc(C(C)C)ccc1N=2. The molecule has 2 aromatic rings. The Morgan fingerprint density at radius 3 is 2.67 bits per heavy atom. The van der Waals surface area contributed by atoms with Gasteiger partial charge in [-0.1, -0.05) is 32.6 Å². The Morgan fingerprint density at radius 1 is 1.06 bits per heavy atom. The van der Waals surface area contributed by atoms with E-state index in [2.05, 4.69) is 37.6 Å². The standard InChI is InChI=1S/C16H15NO/c1-10(2)12-5-7-14-16(9-12)18-15-8-11(3)4-6-13(15)17-14/h4-10H,3H2,1-2H3. The molecule has 0 aliphatic carbocycles. The molecule has 0 spiro atoms. The number of benzene rings is 2. The molecule has 1 aliphatic heterocycles. The highest BCUT2D eigenvalue weighted by Gasteiger charge is 2.13. The van der Waals surface area contributed by atoms with Gasteiger partial charge < -0.3 is 4.74 Å². The van der Waals surface area contributed by atoms with E-state index in [0.29, 0.717) is 5.92 Å². The number of hydrogen-bond donors (Lipinski definition) is 0. The molecule has 2 aromatic carbocycles. The molecule has 0 aromatic heterocycles. The van der Waals surface area contributed by atoms with Gasteiger partial charge in [-0.3, -0.25) is 0 Å². The first kappa shape index (κ1) is 11.0. The van der Waals surface area contributed by atoms with Crippen LogP contribution in [0.2, 0.25) is 0 Å². The van der Waals surface area contributed by atoms with Crippen LogP contribution in [-0.4, -0.2) is 0 Å². The van der Waals surface area contributed by atoms with Crippen molar-refractivity contribution in [1.29, 1.82) is 0 Å². The lowest BCUT2D eigenvalue weighted by molar-refractivity contribution is 0.468. The maximum absolute atomic E-state index is 5.92. The summed E-state index contributed by atoms with van der Waals surface area (Å²) in [5.41, 5.74) is 2.15. The van der Waals surface area contributed by atoms with Gasteiger partial charge in [-0.05, 0) is 41.0 Å². The fraction of sp³-hybridized carbons (Fsp3) is 0.188. The van der Waals surface area contributed by atoms with Crippen LogP contribution < -0.4 is 15.3 Å². The number of nitrogens with zero attached hydrogens (tertiary/aromatic N) is 1. The van der Waals surface area contributed by atoms with Crippen LogP contribution in [0.3, 0.4) is 0 Å². The summed E-state index contributed by atoms with van der Waals surface area (Å²) in [5, 5.41) is 1.81. The van der Waals surface area contributed by atoms with Gasteiger partial charge in [-0.2, -0.15) is 0 Å². The second-order valence-electron chi connectivity index (χ2n) is 4.90. The van der Waals surface area contributed by atoms with Gasteiger partial charge in [-0.25, -0.2) is 4.99 Å². The molecule has 2 nitrogen and oxygen atoms in total. The van der Waals surface area contributed by atoms with Gasteiger partial charge in [0, 0.05) is 0 Å². The van der Waals surface area contributed by atoms with Crippen molar-refractivity contribution in [3.8, 4) is 11.5 Å². The Morgan fingerprint density at radius 2 is 1.89 bits per heavy atom. The van der Waals surface area contributed by atoms with Crippen molar-refractivity contribution in [2.45, 2.75) is 19.8 Å². The quantitative estimate of drug-likeness (QED) is 0.636. The van der Waals surface area contributed by atoms with Crippen molar-refractivity contribution < 1.29 is 4.74 Å². The molecule has 3 rings (SSSR count). The summed E-state index contributed by atoms with van der Waals surface area (Å²) in [6, 6.07) is 12.0. The van der Waals surface area contributed by atoms with Crippen molar-refractivity contribution in [2.24, 2.45) is 4.99 Å². The highest BCUT2D eigenvalue weighted by Crippen LogP contribution is 2.35. The third kappa shape index (κ3) is 1.80. The average molecular weight is 237 g/mol. The van der Waals surface area contributed by atoms with Crippen LogP contribution in [0.4, 0.5) is 5.69 Å². The first-order valence-electron chi connectivity index (χ1n) is 6.13. The molecule has 0 fully saturated rings. The van der Waals surface area contributed by atoms with E-state index in [-0.39, 0.29) is 0 Å². The Labute approximate surface area is 106 Å². The number of fused-ring (bicyclic) bond motifs is 2. The molecular weight excluding hydrogens is 222 g/mol. The zero-order valence-corrected chi connectivity index (χ0v) is 10.6. The monoisotopic (exact) mass is 237 g/mol. The average Bonchev–Trinajstić information content (AvgIpc) is 2.35. The molecule has 0 unspecified atom stereocenters. The van der Waals surface area contributed by atoms with Gasteiger partial charge in [0.2, 0.25) is 0 Å². The number of hydrogen-bond acceptors (Lipinski definition) is 2. The fourth-order valence-electron chi connectivity index (χ4n) is 2.04. The number of ether oxygens (including phenoxy) is 1. The van der Waals surface area contributed by atoms with Crippen LogP contribution in [0.1, 0.15) is 25.3 Å². The maximum Gasteiger partial charge on any atom is 0.153 e. The van der Waals surface area contributed by atoms with Crippen molar-refractivity contribution in [3.05, 3.63) is 52.5 Å². The molecular formula is C16H15NO. The van der Waals surface area contributed by atoms with Crippen LogP contribution in [0.15, 0.2) is 41.4 Å². The zero-order valence-electron chi connectivity index (χ0n) is 10.6. The first-order chi connectivity index (χ1) is 8.63. The van der Waals surface area contributed by atoms with Crippen molar-refractivity contribution >= 4 is 12.3 Å². The van der Waals surface area contributed by atoms with Gasteiger partial charge in [0.15, 0.2) is 11.5 Å². The molecule has 0 radical (unpaired) electrons. The topological polar surface area (TPSA) is 21.6 Å². The van der Waals surface area contributed by atoms with Gasteiger partial charge in [0.1, 0.15) is 11.0 Å². The predicted molar refractivity (Wildman–Crippen MR) is 73.0 cm³/mol. The zero-order chi connectivity index (χ0) is 12.7. The van der Waals surface area contributed by atoms with Gasteiger partial charge in [0.25, 0.3) is 0 Å². The first-order valence-corrected chi connectivity index (χ1v) is 6.13. The van der Waals surface area contributed by atoms with E-state index in [9.17, 15) is 0 Å². The Bertz CT molecular complexity index is 716. The fourth-order valence-corrected chi connectivity index (χ4v) is 2.04. The summed E-state index contributed by atoms with van der Waals surface area (Å²) < 4.78 is 5.92. The summed E-state index contributed by atoms with van der Waals surface area (Å²) >= 11 is 0. The minimum Gasteiger partial charge on any atom is -0.453 e. The third-order valence-corrected chi connectivity index (χ3v) is 3.14. The Kier molecular flexibility index (Phi) is 2.44. The lowest BCUT2D eigenvalue weighted by Crippen LogP contribution is -2.13. The molecule has 1 heterocycles. The summed E-state index contributed by atoms with van der Waals surface area (Å²) in [5.74, 6) is 2.11. The van der Waals surface area contributed by atoms with Crippen LogP contribution >= 0.6 is 0 Å². The largest absolute Gasteiger partial charge is 0.453 e. The van der Waals surface area contributed by atoms with Gasteiger partial charge in [0.05, 0.1) is 0 Å². The second kappa shape index (κ2) is 3.98. The van der Waals surface area contributed by atoms with E-state index >= 15 is 0 Å². The lowest BCUT2D eigenvalue weighted by Gasteiger charge is -2.16. The smallest absolute Gasteiger partial charge is 0.153 e. The molecule has 0 saturated carbocycles. The van der Waals surface area contributed by atoms with Crippen LogP contribution in [0.25, 0.3) is 6.58 Å².